The van der Waals surface area contributed by atoms with Gasteiger partial charge >= 0.3 is 21.4 Å². The highest BCUT2D eigenvalue weighted by Crippen LogP contribution is 2.47. The van der Waals surface area contributed by atoms with E-state index in [0.717, 1.165) is 69.8 Å². The van der Waals surface area contributed by atoms with Crippen LogP contribution in [0.1, 0.15) is 164 Å². The first kappa shape index (κ1) is 64.2. The topological polar surface area (TPSA) is 287 Å². The van der Waals surface area contributed by atoms with E-state index in [4.69, 9.17) is 9.31 Å². The second-order valence-electron chi connectivity index (χ2n) is 26.6. The first-order chi connectivity index (χ1) is 39.6. The number of fused-ring (bicyclic) bond motifs is 4. The molecule has 2 saturated heterocycles. The van der Waals surface area contributed by atoms with Crippen molar-refractivity contribution in [3.63, 3.8) is 0 Å². The van der Waals surface area contributed by atoms with Crippen LogP contribution in [0.4, 0.5) is 22.7 Å². The molecule has 6 N–H and O–H groups in total. The Morgan fingerprint density at radius 1 is 0.541 bits per heavy atom. The lowest BCUT2D eigenvalue weighted by Gasteiger charge is -2.47. The lowest BCUT2D eigenvalue weighted by molar-refractivity contribution is -0.127. The second kappa shape index (κ2) is 23.7. The van der Waals surface area contributed by atoms with Crippen molar-refractivity contribution in [2.24, 2.45) is 0 Å². The number of aromatic nitrogens is 4. The Morgan fingerprint density at radius 3 is 1.39 bits per heavy atom. The molecule has 0 unspecified atom stereocenters. The number of carbonyl (C=O) groups is 6. The molecule has 0 radical (unpaired) electrons. The maximum absolute atomic E-state index is 13.0. The minimum Gasteiger partial charge on any atom is -0.423 e. The molecule has 0 bridgehead atoms. The number of hydrogen-bond donors (Lipinski definition) is 6. The van der Waals surface area contributed by atoms with Crippen LogP contribution in [0, 0.1) is 0 Å². The van der Waals surface area contributed by atoms with Crippen LogP contribution in [0.15, 0.2) is 53.5 Å². The number of carbonyl (C=O) groups excluding carboxylic acids is 6. The van der Waals surface area contributed by atoms with Gasteiger partial charge in [0.05, 0.1) is 84.4 Å². The first-order valence-electron chi connectivity index (χ1n) is 29.0. The molecule has 13 rings (SSSR count). The third-order valence-electron chi connectivity index (χ3n) is 18.2. The van der Waals surface area contributed by atoms with Crippen LogP contribution in [-0.2, 0) is 59.7 Å². The van der Waals surface area contributed by atoms with E-state index in [1.807, 2.05) is 86.3 Å². The van der Waals surface area contributed by atoms with Crippen LogP contribution in [0.3, 0.4) is 0 Å². The highest BCUT2D eigenvalue weighted by Gasteiger charge is 2.54. The lowest BCUT2D eigenvalue weighted by Crippen LogP contribution is -2.57. The number of ketones is 2. The van der Waals surface area contributed by atoms with E-state index >= 15 is 0 Å². The van der Waals surface area contributed by atoms with E-state index in [2.05, 4.69) is 67.3 Å². The van der Waals surface area contributed by atoms with Crippen molar-refractivity contribution in [2.45, 2.75) is 197 Å². The fourth-order valence-corrected chi connectivity index (χ4v) is 12.8. The smallest absolute Gasteiger partial charge is 0.423 e. The molecular weight excluding hydrogens is 1220 g/mol. The van der Waals surface area contributed by atoms with Gasteiger partial charge in [-0.1, -0.05) is 22.4 Å². The minimum absolute atomic E-state index is 0.00750. The number of nitrogens with one attached hydrogen (secondary N) is 2. The molecule has 5 fully saturated rings. The van der Waals surface area contributed by atoms with E-state index in [9.17, 15) is 48.9 Å². The molecule has 10 heterocycles. The molecule has 21 nitrogen and oxygen atoms in total. The Bertz CT molecular complexity index is 3300. The zero-order valence-electron chi connectivity index (χ0n) is 50.4. The van der Waals surface area contributed by atoms with Crippen molar-refractivity contribution < 1.29 is 58.2 Å². The summed E-state index contributed by atoms with van der Waals surface area (Å²) in [7, 11) is -3.66. The van der Waals surface area contributed by atoms with Gasteiger partial charge in [0, 0.05) is 88.2 Å². The number of pyridine rings is 4. The second-order valence-corrected chi connectivity index (χ2v) is 28.8. The normalized spacial score (nSPS) is 24.0. The van der Waals surface area contributed by atoms with Gasteiger partial charge in [-0.15, -0.1) is 0 Å². The quantitative estimate of drug-likeness (QED) is 0.116. The monoisotopic (exact) mass is 1290 g/mol. The largest absolute Gasteiger partial charge is 0.496 e. The van der Waals surface area contributed by atoms with Gasteiger partial charge in [-0.25, -0.2) is 0 Å². The van der Waals surface area contributed by atoms with Crippen molar-refractivity contribution >= 4 is 128 Å². The Hall–Kier alpha value is -5.31. The number of anilines is 4. The van der Waals surface area contributed by atoms with Crippen molar-refractivity contribution in [1.29, 1.82) is 0 Å². The van der Waals surface area contributed by atoms with Gasteiger partial charge in [-0.2, -0.15) is 0 Å². The van der Waals surface area contributed by atoms with Crippen LogP contribution in [0.25, 0.3) is 0 Å². The van der Waals surface area contributed by atoms with Gasteiger partial charge in [0.1, 0.15) is 11.6 Å². The molecule has 9 aliphatic rings. The number of alkyl halides is 1. The highest BCUT2D eigenvalue weighted by molar-refractivity contribution is 9.10. The summed E-state index contributed by atoms with van der Waals surface area (Å²) in [5.41, 5.74) is 3.95. The highest BCUT2D eigenvalue weighted by atomic mass is 79.9. The maximum atomic E-state index is 13.0. The maximum Gasteiger partial charge on any atom is 0.496 e. The molecule has 3 aliphatic carbocycles. The number of hydrogen-bond acceptors (Lipinski definition) is 17. The van der Waals surface area contributed by atoms with Gasteiger partial charge < -0.3 is 54.7 Å². The number of nitrogens with zero attached hydrogens (tertiary/aromatic N) is 7. The van der Waals surface area contributed by atoms with Gasteiger partial charge in [0.25, 0.3) is 0 Å². The summed E-state index contributed by atoms with van der Waals surface area (Å²) < 4.78 is 12.9. The van der Waals surface area contributed by atoms with Crippen molar-refractivity contribution in [2.75, 3.05) is 33.5 Å². The minimum atomic E-state index is -1.63. The Labute approximate surface area is 514 Å². The molecule has 0 aromatic carbocycles. The summed E-state index contributed by atoms with van der Waals surface area (Å²) in [5.74, 6) is 0.477. The average molecular weight is 1300 g/mol. The van der Waals surface area contributed by atoms with Crippen LogP contribution in [-0.4, -0.2) is 149 Å². The summed E-state index contributed by atoms with van der Waals surface area (Å²) in [4.78, 5) is 94.2. The van der Waals surface area contributed by atoms with E-state index in [0.29, 0.717) is 46.3 Å². The number of likely N-dealkylation sites (tertiary alicyclic amines) is 1. The fraction of sp³-hybridized carbons (Fsp3) is 0.559. The number of Topliss-reactive ketones (excluding diaryl/α,β-unsaturated/α-hetero) is 2. The third kappa shape index (κ3) is 12.3. The zero-order chi connectivity index (χ0) is 62.3. The Kier molecular flexibility index (Phi) is 17.9. The van der Waals surface area contributed by atoms with Gasteiger partial charge in [-0.05, 0) is 162 Å². The fourth-order valence-electron chi connectivity index (χ4n) is 11.7. The predicted octanol–water partition coefficient (Wildman–Crippen LogP) is 4.32. The van der Waals surface area contributed by atoms with Crippen LogP contribution >= 0.6 is 31.9 Å². The van der Waals surface area contributed by atoms with Crippen molar-refractivity contribution in [3.8, 4) is 0 Å². The number of rotatable bonds is 6. The zero-order valence-corrected chi connectivity index (χ0v) is 53.6. The standard InChI is InChI=1S/C18H26BN3O3.C15H21BN2O3.C13H15BN2O4.C9H9BrN2O.C4H5BrO/c1-18(2)16-15(8-12(11-20-16)19(24)25)22(17(18)23)14-9-13(10-14)21-6-4-3-5-7-21;1-13(2)11-10(18-12(13)19)7-9(8-17-11)16-20-14(3,4)15(5,6)21-16;1-13(2)11-10(3-7(6-15-11)14(19)20)16(12(13)18)8-4-9(17)5-8;1-9(2)7-6(12-8(9)13)3-5(10)4-11-7;5-3-1-4(6)2-3/h8,11,13-14,24-25H,3-7,9-10H2,1-2H3;7-8H,1-6H3,(H,18,19);3,6,8,19-20H,4-5H2,1-2H3;3-4H,1-2H3,(H,12,13);3H,1-2H2. The summed E-state index contributed by atoms with van der Waals surface area (Å²) in [6, 6.07) is 7.68. The molecule has 0 spiro atoms. The molecule has 26 heteroatoms. The SMILES string of the molecule is CC1(C)C(=O)N(C2CC(=O)C2)c2cc(B(O)O)cnc21.CC1(C)C(=O)N(C2CC(N3CCCCC3)C2)c2cc(B(O)O)cnc21.CC1(C)C(=O)Nc2cc(B3OC(C)(C)C(C)(C)O3)cnc21.CC1(C)C(=O)Nc2cc(Br)cnc21.O=C1CC(Br)C1. The Balaban J connectivity index is 0.000000133. The first-order valence-corrected chi connectivity index (χ1v) is 30.7. The molecular formula is C59H76B3Br2N9O12. The third-order valence-corrected chi connectivity index (χ3v) is 19.3. The summed E-state index contributed by atoms with van der Waals surface area (Å²) in [6.45, 7) is 25.3. The average Bonchev–Trinajstić information content (AvgIpc) is 1.69. The van der Waals surface area contributed by atoms with Crippen molar-refractivity contribution in [3.05, 3.63) is 76.3 Å². The van der Waals surface area contributed by atoms with Crippen molar-refractivity contribution in [1.82, 2.24) is 24.8 Å². The van der Waals surface area contributed by atoms with Crippen LogP contribution in [0.2, 0.25) is 0 Å². The molecule has 4 amide bonds. The summed E-state index contributed by atoms with van der Waals surface area (Å²) in [6.07, 6.45) is 14.4. The molecule has 6 aliphatic heterocycles. The van der Waals surface area contributed by atoms with E-state index in [1.54, 1.807) is 43.3 Å². The molecule has 3 saturated carbocycles. The van der Waals surface area contributed by atoms with E-state index in [1.165, 1.54) is 44.7 Å². The Morgan fingerprint density at radius 2 is 0.965 bits per heavy atom. The van der Waals surface area contributed by atoms with Gasteiger partial charge in [-0.3, -0.25) is 48.7 Å². The van der Waals surface area contributed by atoms with Crippen LogP contribution in [0.5, 0.6) is 0 Å². The van der Waals surface area contributed by atoms with Gasteiger partial charge in [0.2, 0.25) is 23.6 Å². The predicted molar refractivity (Wildman–Crippen MR) is 332 cm³/mol. The summed E-state index contributed by atoms with van der Waals surface area (Å²) in [5, 5.41) is 43.1. The molecule has 0 atom stereocenters. The molecule has 4 aromatic rings. The van der Waals surface area contributed by atoms with E-state index in [-0.39, 0.29) is 58.2 Å². The van der Waals surface area contributed by atoms with Crippen LogP contribution < -0.4 is 36.8 Å². The summed E-state index contributed by atoms with van der Waals surface area (Å²) >= 11 is 6.59. The molecule has 452 valence electrons. The number of halogens is 2. The number of piperidine rings is 1. The van der Waals surface area contributed by atoms with E-state index < -0.39 is 43.0 Å². The molecule has 4 aromatic heterocycles. The molecule has 85 heavy (non-hydrogen) atoms. The van der Waals surface area contributed by atoms with Gasteiger partial charge in [0.15, 0.2) is 0 Å². The lowest BCUT2D eigenvalue weighted by atomic mass is 9.79. The number of amides is 4.